The second kappa shape index (κ2) is 6.66. The van der Waals surface area contributed by atoms with Crippen LogP contribution in [0.1, 0.15) is 24.0 Å². The lowest BCUT2D eigenvalue weighted by molar-refractivity contribution is 0.1000. The van der Waals surface area contributed by atoms with Crippen molar-refractivity contribution < 1.29 is 9.94 Å². The zero-order chi connectivity index (χ0) is 12.8. The molecule has 0 aromatic heterocycles. The van der Waals surface area contributed by atoms with Crippen molar-refractivity contribution in [3.63, 3.8) is 0 Å². The summed E-state index contributed by atoms with van der Waals surface area (Å²) < 4.78 is 5.34. The minimum atomic E-state index is 0.160. The smallest absolute Gasteiger partial charge is 0.170 e. The normalized spacial score (nSPS) is 17.9. The predicted molar refractivity (Wildman–Crippen MR) is 74.1 cm³/mol. The quantitative estimate of drug-likeness (QED) is 0.379. The fourth-order valence-electron chi connectivity index (χ4n) is 1.93. The summed E-state index contributed by atoms with van der Waals surface area (Å²) in [5.41, 5.74) is 7.55. The van der Waals surface area contributed by atoms with Gasteiger partial charge in [-0.3, -0.25) is 0 Å². The van der Waals surface area contributed by atoms with Crippen LogP contribution in [0, 0.1) is 0 Å². The van der Waals surface area contributed by atoms with Crippen molar-refractivity contribution in [2.24, 2.45) is 10.9 Å². The number of hydrogen-bond donors (Lipinski definition) is 2. The van der Waals surface area contributed by atoms with Crippen LogP contribution in [0.15, 0.2) is 29.4 Å². The largest absolute Gasteiger partial charge is 0.409 e. The zero-order valence-corrected chi connectivity index (χ0v) is 11.0. The van der Waals surface area contributed by atoms with Crippen molar-refractivity contribution in [3.8, 4) is 0 Å². The number of ether oxygens (including phenoxy) is 1. The second-order valence-electron chi connectivity index (χ2n) is 4.31. The van der Waals surface area contributed by atoms with E-state index < -0.39 is 0 Å². The Labute approximate surface area is 111 Å². The van der Waals surface area contributed by atoms with Crippen LogP contribution in [0.25, 0.3) is 0 Å². The Morgan fingerprint density at radius 3 is 2.94 bits per heavy atom. The summed E-state index contributed by atoms with van der Waals surface area (Å²) in [6.45, 7) is 1.75. The molecule has 3 N–H and O–H groups in total. The number of thioether (sulfide) groups is 1. The number of rotatable bonds is 4. The lowest BCUT2D eigenvalue weighted by Gasteiger charge is -2.21. The summed E-state index contributed by atoms with van der Waals surface area (Å²) in [6.07, 6.45) is 2.26. The molecule has 0 atom stereocenters. The first-order valence-electron chi connectivity index (χ1n) is 6.06. The molecule has 98 valence electrons. The van der Waals surface area contributed by atoms with Gasteiger partial charge in [0.15, 0.2) is 5.84 Å². The van der Waals surface area contributed by atoms with Gasteiger partial charge in [-0.1, -0.05) is 23.4 Å². The van der Waals surface area contributed by atoms with Gasteiger partial charge in [0.1, 0.15) is 0 Å². The molecule has 0 saturated carbocycles. The average molecular weight is 266 g/mol. The van der Waals surface area contributed by atoms with Gasteiger partial charge in [0.25, 0.3) is 0 Å². The molecule has 0 radical (unpaired) electrons. The van der Waals surface area contributed by atoms with Crippen LogP contribution in [0.4, 0.5) is 0 Å². The van der Waals surface area contributed by atoms with Gasteiger partial charge in [-0.15, -0.1) is 0 Å². The number of oxime groups is 1. The molecule has 0 amide bonds. The molecule has 1 aromatic rings. The fourth-order valence-corrected chi connectivity index (χ4v) is 3.07. The molecule has 0 spiro atoms. The van der Waals surface area contributed by atoms with Gasteiger partial charge in [0.2, 0.25) is 0 Å². The number of hydrogen-bond acceptors (Lipinski definition) is 4. The van der Waals surface area contributed by atoms with Crippen molar-refractivity contribution in [3.05, 3.63) is 35.4 Å². The molecule has 1 aromatic carbocycles. The third-order valence-electron chi connectivity index (χ3n) is 2.98. The molecule has 4 nitrogen and oxygen atoms in total. The Morgan fingerprint density at radius 2 is 2.22 bits per heavy atom. The first kappa shape index (κ1) is 13.2. The standard InChI is InChI=1S/C13H18N2O2S/c14-13(15-16)11-3-1-2-10(8-11)9-18-12-4-6-17-7-5-12/h1-3,8,12,16H,4-7,9H2,(H2,14,15). The van der Waals surface area contributed by atoms with E-state index in [2.05, 4.69) is 11.2 Å². The highest BCUT2D eigenvalue weighted by atomic mass is 32.2. The highest BCUT2D eigenvalue weighted by molar-refractivity contribution is 7.99. The van der Waals surface area contributed by atoms with Crippen LogP contribution in [-0.4, -0.2) is 29.5 Å². The Balaban J connectivity index is 1.92. The van der Waals surface area contributed by atoms with Crippen molar-refractivity contribution in [1.82, 2.24) is 0 Å². The topological polar surface area (TPSA) is 67.8 Å². The first-order chi connectivity index (χ1) is 8.79. The third-order valence-corrected chi connectivity index (χ3v) is 4.43. The number of amidine groups is 1. The molecular weight excluding hydrogens is 248 g/mol. The maximum absolute atomic E-state index is 8.66. The van der Waals surface area contributed by atoms with Crippen molar-refractivity contribution >= 4 is 17.6 Å². The molecule has 5 heteroatoms. The summed E-state index contributed by atoms with van der Waals surface area (Å²) in [7, 11) is 0. The molecule has 1 saturated heterocycles. The molecule has 1 aliphatic rings. The number of nitrogens with zero attached hydrogens (tertiary/aromatic N) is 1. The van der Waals surface area contributed by atoms with E-state index in [-0.39, 0.29) is 5.84 Å². The highest BCUT2D eigenvalue weighted by Crippen LogP contribution is 2.25. The number of benzene rings is 1. The van der Waals surface area contributed by atoms with E-state index in [1.165, 1.54) is 5.56 Å². The van der Waals surface area contributed by atoms with Gasteiger partial charge in [-0.25, -0.2) is 0 Å². The molecule has 0 unspecified atom stereocenters. The molecule has 2 rings (SSSR count). The van der Waals surface area contributed by atoms with Crippen molar-refractivity contribution in [1.29, 1.82) is 0 Å². The van der Waals surface area contributed by atoms with Gasteiger partial charge in [0.05, 0.1) is 0 Å². The lowest BCUT2D eigenvalue weighted by atomic mass is 10.1. The lowest BCUT2D eigenvalue weighted by Crippen LogP contribution is -2.17. The van der Waals surface area contributed by atoms with Crippen LogP contribution in [0.3, 0.4) is 0 Å². The van der Waals surface area contributed by atoms with Crippen LogP contribution in [-0.2, 0) is 10.5 Å². The zero-order valence-electron chi connectivity index (χ0n) is 10.2. The van der Waals surface area contributed by atoms with Crippen molar-refractivity contribution in [2.45, 2.75) is 23.8 Å². The van der Waals surface area contributed by atoms with Gasteiger partial charge in [-0.05, 0) is 24.5 Å². The second-order valence-corrected chi connectivity index (χ2v) is 5.60. The Kier molecular flexibility index (Phi) is 4.90. The van der Waals surface area contributed by atoms with Gasteiger partial charge in [-0.2, -0.15) is 11.8 Å². The maximum atomic E-state index is 8.66. The molecule has 0 bridgehead atoms. The Morgan fingerprint density at radius 1 is 1.44 bits per heavy atom. The minimum absolute atomic E-state index is 0.160. The van der Waals surface area contributed by atoms with Crippen LogP contribution < -0.4 is 5.73 Å². The van der Waals surface area contributed by atoms with E-state index in [4.69, 9.17) is 15.7 Å². The molecule has 0 aliphatic carbocycles. The van der Waals surface area contributed by atoms with Crippen molar-refractivity contribution in [2.75, 3.05) is 13.2 Å². The fraction of sp³-hybridized carbons (Fsp3) is 0.462. The van der Waals surface area contributed by atoms with E-state index >= 15 is 0 Å². The average Bonchev–Trinajstić information content (AvgIpc) is 2.45. The van der Waals surface area contributed by atoms with E-state index in [1.54, 1.807) is 0 Å². The predicted octanol–water partition coefficient (Wildman–Crippen LogP) is 2.19. The number of nitrogens with two attached hydrogens (primary N) is 1. The molecule has 1 aliphatic heterocycles. The van der Waals surface area contributed by atoms with E-state index in [1.807, 2.05) is 30.0 Å². The summed E-state index contributed by atoms with van der Waals surface area (Å²) in [5, 5.41) is 12.4. The first-order valence-corrected chi connectivity index (χ1v) is 7.10. The summed E-state index contributed by atoms with van der Waals surface area (Å²) in [5.74, 6) is 1.12. The third kappa shape index (κ3) is 3.65. The highest BCUT2D eigenvalue weighted by Gasteiger charge is 2.14. The Bertz CT molecular complexity index is 417. The SMILES string of the molecule is NC(=NO)c1cccc(CSC2CCOCC2)c1. The van der Waals surface area contributed by atoms with Crippen LogP contribution in [0.2, 0.25) is 0 Å². The molecule has 18 heavy (non-hydrogen) atoms. The monoisotopic (exact) mass is 266 g/mol. The van der Waals surface area contributed by atoms with Gasteiger partial charge < -0.3 is 15.7 Å². The molecule has 1 heterocycles. The van der Waals surface area contributed by atoms with Crippen LogP contribution >= 0.6 is 11.8 Å². The summed E-state index contributed by atoms with van der Waals surface area (Å²) >= 11 is 1.96. The van der Waals surface area contributed by atoms with E-state index in [0.717, 1.165) is 37.4 Å². The molecule has 1 fully saturated rings. The van der Waals surface area contributed by atoms with E-state index in [0.29, 0.717) is 5.25 Å². The van der Waals surface area contributed by atoms with Gasteiger partial charge in [0, 0.05) is 29.8 Å². The van der Waals surface area contributed by atoms with Gasteiger partial charge >= 0.3 is 0 Å². The summed E-state index contributed by atoms with van der Waals surface area (Å²) in [4.78, 5) is 0. The molecular formula is C13H18N2O2S. The van der Waals surface area contributed by atoms with E-state index in [9.17, 15) is 0 Å². The maximum Gasteiger partial charge on any atom is 0.170 e. The Hall–Kier alpha value is -1.20. The summed E-state index contributed by atoms with van der Waals surface area (Å²) in [6, 6.07) is 7.83. The minimum Gasteiger partial charge on any atom is -0.409 e. The van der Waals surface area contributed by atoms with Crippen LogP contribution in [0.5, 0.6) is 0 Å².